The first kappa shape index (κ1) is 12.2. The SMILES string of the molecule is Cc1cnccc1-n1ccc2c1CC(C)(C)CC2=O. The number of fused-ring (bicyclic) bond motifs is 1. The van der Waals surface area contributed by atoms with E-state index in [-0.39, 0.29) is 11.2 Å². The van der Waals surface area contributed by atoms with Crippen LogP contribution in [-0.2, 0) is 6.42 Å². The Hall–Kier alpha value is -1.90. The Morgan fingerprint density at radius 1 is 1.26 bits per heavy atom. The monoisotopic (exact) mass is 254 g/mol. The van der Waals surface area contributed by atoms with Gasteiger partial charge in [-0.15, -0.1) is 0 Å². The van der Waals surface area contributed by atoms with E-state index >= 15 is 0 Å². The molecule has 1 aliphatic rings. The molecule has 98 valence electrons. The molecule has 3 heteroatoms. The van der Waals surface area contributed by atoms with E-state index in [4.69, 9.17) is 0 Å². The highest BCUT2D eigenvalue weighted by molar-refractivity contribution is 5.99. The molecule has 0 fully saturated rings. The van der Waals surface area contributed by atoms with Crippen LogP contribution in [0.1, 0.15) is 41.9 Å². The topological polar surface area (TPSA) is 34.9 Å². The van der Waals surface area contributed by atoms with Gasteiger partial charge in [-0.05, 0) is 36.5 Å². The largest absolute Gasteiger partial charge is 0.320 e. The Balaban J connectivity index is 2.17. The van der Waals surface area contributed by atoms with Crippen molar-refractivity contribution in [3.05, 3.63) is 47.5 Å². The van der Waals surface area contributed by atoms with Crippen molar-refractivity contribution < 1.29 is 4.79 Å². The van der Waals surface area contributed by atoms with Crippen LogP contribution in [-0.4, -0.2) is 15.3 Å². The Kier molecular flexibility index (Phi) is 2.59. The molecule has 0 spiro atoms. The van der Waals surface area contributed by atoms with Crippen LogP contribution in [0, 0.1) is 12.3 Å². The summed E-state index contributed by atoms with van der Waals surface area (Å²) >= 11 is 0. The molecule has 0 amide bonds. The molecule has 0 saturated heterocycles. The van der Waals surface area contributed by atoms with E-state index in [0.29, 0.717) is 6.42 Å². The van der Waals surface area contributed by atoms with Gasteiger partial charge in [0.1, 0.15) is 0 Å². The quantitative estimate of drug-likeness (QED) is 0.782. The predicted molar refractivity (Wildman–Crippen MR) is 74.7 cm³/mol. The summed E-state index contributed by atoms with van der Waals surface area (Å²) in [6.07, 6.45) is 7.23. The summed E-state index contributed by atoms with van der Waals surface area (Å²) in [4.78, 5) is 16.3. The molecular weight excluding hydrogens is 236 g/mol. The number of nitrogens with zero attached hydrogens (tertiary/aromatic N) is 2. The van der Waals surface area contributed by atoms with Crippen molar-refractivity contribution >= 4 is 5.78 Å². The maximum absolute atomic E-state index is 12.2. The molecule has 19 heavy (non-hydrogen) atoms. The van der Waals surface area contributed by atoms with Gasteiger partial charge in [0.05, 0.1) is 5.69 Å². The molecule has 2 heterocycles. The van der Waals surface area contributed by atoms with Crippen molar-refractivity contribution in [2.75, 3.05) is 0 Å². The van der Waals surface area contributed by atoms with Gasteiger partial charge >= 0.3 is 0 Å². The van der Waals surface area contributed by atoms with Gasteiger partial charge in [-0.2, -0.15) is 0 Å². The summed E-state index contributed by atoms with van der Waals surface area (Å²) < 4.78 is 2.14. The first-order valence-corrected chi connectivity index (χ1v) is 6.62. The number of carbonyl (C=O) groups is 1. The number of aromatic nitrogens is 2. The fourth-order valence-electron chi connectivity index (χ4n) is 2.91. The lowest BCUT2D eigenvalue weighted by molar-refractivity contribution is 0.0911. The van der Waals surface area contributed by atoms with Crippen molar-refractivity contribution in [1.29, 1.82) is 0 Å². The molecule has 0 aromatic carbocycles. The normalized spacial score (nSPS) is 17.3. The first-order chi connectivity index (χ1) is 8.98. The molecule has 0 unspecified atom stereocenters. The van der Waals surface area contributed by atoms with Crippen LogP contribution in [0.4, 0.5) is 0 Å². The second-order valence-corrected chi connectivity index (χ2v) is 6.15. The summed E-state index contributed by atoms with van der Waals surface area (Å²) in [5.41, 5.74) is 4.30. The van der Waals surface area contributed by atoms with Gasteiger partial charge in [0.15, 0.2) is 5.78 Å². The number of pyridine rings is 1. The van der Waals surface area contributed by atoms with Crippen molar-refractivity contribution in [1.82, 2.24) is 9.55 Å². The lowest BCUT2D eigenvalue weighted by Crippen LogP contribution is -2.27. The molecule has 3 rings (SSSR count). The fraction of sp³-hybridized carbons (Fsp3) is 0.375. The minimum Gasteiger partial charge on any atom is -0.320 e. The number of hydrogen-bond acceptors (Lipinski definition) is 2. The van der Waals surface area contributed by atoms with E-state index in [2.05, 4.69) is 23.4 Å². The Labute approximate surface area is 113 Å². The maximum atomic E-state index is 12.2. The lowest BCUT2D eigenvalue weighted by atomic mass is 9.76. The van der Waals surface area contributed by atoms with Crippen LogP contribution in [0.3, 0.4) is 0 Å². The van der Waals surface area contributed by atoms with Crippen molar-refractivity contribution in [2.24, 2.45) is 5.41 Å². The number of rotatable bonds is 1. The number of ketones is 1. The zero-order valence-electron chi connectivity index (χ0n) is 11.6. The average Bonchev–Trinajstić information content (AvgIpc) is 2.72. The maximum Gasteiger partial charge on any atom is 0.165 e. The Morgan fingerprint density at radius 2 is 2.05 bits per heavy atom. The molecular formula is C16H18N2O. The highest BCUT2D eigenvalue weighted by Gasteiger charge is 2.33. The number of Topliss-reactive ketones (excluding diaryl/α,β-unsaturated/α-hetero) is 1. The van der Waals surface area contributed by atoms with E-state index < -0.39 is 0 Å². The molecule has 2 aromatic rings. The predicted octanol–water partition coefficient (Wildman–Crippen LogP) is 3.34. The first-order valence-electron chi connectivity index (χ1n) is 6.62. The molecule has 1 aliphatic carbocycles. The minimum absolute atomic E-state index is 0.0428. The zero-order chi connectivity index (χ0) is 13.6. The molecule has 0 radical (unpaired) electrons. The van der Waals surface area contributed by atoms with Crippen molar-refractivity contribution in [3.8, 4) is 5.69 Å². The van der Waals surface area contributed by atoms with E-state index in [1.54, 1.807) is 6.20 Å². The van der Waals surface area contributed by atoms with Gasteiger partial charge in [0, 0.05) is 36.3 Å². The van der Waals surface area contributed by atoms with Crippen molar-refractivity contribution in [2.45, 2.75) is 33.6 Å². The second kappa shape index (κ2) is 4.05. The molecule has 0 saturated carbocycles. The number of hydrogen-bond donors (Lipinski definition) is 0. The fourth-order valence-corrected chi connectivity index (χ4v) is 2.91. The Bertz CT molecular complexity index is 653. The molecule has 0 atom stereocenters. The molecule has 2 aromatic heterocycles. The van der Waals surface area contributed by atoms with Gasteiger partial charge in [0.2, 0.25) is 0 Å². The van der Waals surface area contributed by atoms with Crippen LogP contribution in [0.15, 0.2) is 30.7 Å². The smallest absolute Gasteiger partial charge is 0.165 e. The van der Waals surface area contributed by atoms with Crippen LogP contribution < -0.4 is 0 Å². The summed E-state index contributed by atoms with van der Waals surface area (Å²) in [5.74, 6) is 0.261. The van der Waals surface area contributed by atoms with E-state index in [1.807, 2.05) is 31.5 Å². The molecule has 0 N–H and O–H groups in total. The van der Waals surface area contributed by atoms with Crippen LogP contribution in [0.5, 0.6) is 0 Å². The number of aryl methyl sites for hydroxylation is 1. The van der Waals surface area contributed by atoms with Gasteiger partial charge in [-0.3, -0.25) is 9.78 Å². The summed E-state index contributed by atoms with van der Waals surface area (Å²) in [6.45, 7) is 6.36. The van der Waals surface area contributed by atoms with E-state index in [1.165, 1.54) is 0 Å². The third kappa shape index (κ3) is 1.99. The molecule has 3 nitrogen and oxygen atoms in total. The van der Waals surface area contributed by atoms with Crippen LogP contribution in [0.25, 0.3) is 5.69 Å². The molecule has 0 bridgehead atoms. The van der Waals surface area contributed by atoms with Gasteiger partial charge in [-0.1, -0.05) is 13.8 Å². The second-order valence-electron chi connectivity index (χ2n) is 6.15. The van der Waals surface area contributed by atoms with Crippen LogP contribution in [0.2, 0.25) is 0 Å². The summed E-state index contributed by atoms with van der Waals surface area (Å²) in [7, 11) is 0. The third-order valence-electron chi connectivity index (χ3n) is 3.83. The Morgan fingerprint density at radius 3 is 2.79 bits per heavy atom. The van der Waals surface area contributed by atoms with Gasteiger partial charge < -0.3 is 4.57 Å². The lowest BCUT2D eigenvalue weighted by Gasteiger charge is -2.29. The molecule has 0 aliphatic heterocycles. The van der Waals surface area contributed by atoms with Crippen LogP contribution >= 0.6 is 0 Å². The highest BCUT2D eigenvalue weighted by Crippen LogP contribution is 2.36. The standard InChI is InChI=1S/C16H18N2O/c1-11-10-17-6-4-13(11)18-7-5-12-14(18)8-16(2,3)9-15(12)19/h4-7,10H,8-9H2,1-3H3. The highest BCUT2D eigenvalue weighted by atomic mass is 16.1. The summed E-state index contributed by atoms with van der Waals surface area (Å²) in [6, 6.07) is 3.95. The number of carbonyl (C=O) groups excluding carboxylic acids is 1. The van der Waals surface area contributed by atoms with E-state index in [9.17, 15) is 4.79 Å². The van der Waals surface area contributed by atoms with Gasteiger partial charge in [-0.25, -0.2) is 0 Å². The van der Waals surface area contributed by atoms with Crippen molar-refractivity contribution in [3.63, 3.8) is 0 Å². The minimum atomic E-state index is 0.0428. The average molecular weight is 254 g/mol. The summed E-state index contributed by atoms with van der Waals surface area (Å²) in [5, 5.41) is 0. The zero-order valence-corrected chi connectivity index (χ0v) is 11.6. The third-order valence-corrected chi connectivity index (χ3v) is 3.83. The van der Waals surface area contributed by atoms with E-state index in [0.717, 1.165) is 28.9 Å². The van der Waals surface area contributed by atoms with Gasteiger partial charge in [0.25, 0.3) is 0 Å².